The van der Waals surface area contributed by atoms with E-state index in [1.807, 2.05) is 48.5 Å². The monoisotopic (exact) mass is 391 g/mol. The second-order valence-electron chi connectivity index (χ2n) is 7.58. The molecule has 148 valence electrons. The van der Waals surface area contributed by atoms with Crippen LogP contribution in [0.2, 0.25) is 0 Å². The number of ether oxygens (including phenoxy) is 1. The number of aryl methyl sites for hydroxylation is 1. The number of nitrogens with two attached hydrogens (primary N) is 1. The normalized spacial score (nSPS) is 18.2. The quantitative estimate of drug-likeness (QED) is 0.666. The van der Waals surface area contributed by atoms with Crippen molar-refractivity contribution < 1.29 is 19.0 Å². The van der Waals surface area contributed by atoms with Crippen LogP contribution in [-0.2, 0) is 17.6 Å². The number of para-hydroxylation sites is 1. The fraction of sp³-hybridized carbons (Fsp3) is 0.208. The van der Waals surface area contributed by atoms with Crippen molar-refractivity contribution in [2.75, 3.05) is 0 Å². The van der Waals surface area contributed by atoms with Gasteiger partial charge in [-0.2, -0.15) is 0 Å². The van der Waals surface area contributed by atoms with Crippen LogP contribution >= 0.6 is 0 Å². The molecule has 0 aliphatic heterocycles. The lowest BCUT2D eigenvalue weighted by molar-refractivity contribution is -0.143. The summed E-state index contributed by atoms with van der Waals surface area (Å²) in [5, 5.41) is 9.45. The zero-order valence-corrected chi connectivity index (χ0v) is 16.1. The standard InChI is InChI=1S/C24H22FNO3/c1-15-19(6-4-7-21(15)25)20-5-2-3-8-22(20)29-18-10-9-16-11-12-24(26,23(27)28)14-17(16)13-18/h2-10,13H,11-12,14,26H2,1H3,(H,27,28). The van der Waals surface area contributed by atoms with Gasteiger partial charge in [0.05, 0.1) is 0 Å². The summed E-state index contributed by atoms with van der Waals surface area (Å²) in [4.78, 5) is 11.5. The molecule has 0 fully saturated rings. The summed E-state index contributed by atoms with van der Waals surface area (Å²) in [6.07, 6.45) is 1.30. The molecule has 0 saturated carbocycles. The molecule has 1 unspecified atom stereocenters. The fourth-order valence-electron chi connectivity index (χ4n) is 3.85. The Kier molecular flexibility index (Phi) is 4.84. The number of fused-ring (bicyclic) bond motifs is 1. The molecular weight excluding hydrogens is 369 g/mol. The molecule has 1 aliphatic carbocycles. The van der Waals surface area contributed by atoms with E-state index >= 15 is 0 Å². The van der Waals surface area contributed by atoms with Gasteiger partial charge in [-0.15, -0.1) is 0 Å². The maximum absolute atomic E-state index is 14.0. The van der Waals surface area contributed by atoms with Crippen LogP contribution in [0.5, 0.6) is 11.5 Å². The highest BCUT2D eigenvalue weighted by Gasteiger charge is 2.37. The topological polar surface area (TPSA) is 72.5 Å². The maximum Gasteiger partial charge on any atom is 0.324 e. The summed E-state index contributed by atoms with van der Waals surface area (Å²) >= 11 is 0. The first-order valence-electron chi connectivity index (χ1n) is 9.54. The Hall–Kier alpha value is -3.18. The molecule has 0 bridgehead atoms. The zero-order valence-electron chi connectivity index (χ0n) is 16.1. The van der Waals surface area contributed by atoms with Crippen LogP contribution < -0.4 is 10.5 Å². The highest BCUT2D eigenvalue weighted by atomic mass is 19.1. The van der Waals surface area contributed by atoms with Gasteiger partial charge >= 0.3 is 5.97 Å². The van der Waals surface area contributed by atoms with Crippen molar-refractivity contribution in [1.82, 2.24) is 0 Å². The summed E-state index contributed by atoms with van der Waals surface area (Å²) in [5.41, 5.74) is 8.93. The van der Waals surface area contributed by atoms with E-state index in [-0.39, 0.29) is 12.2 Å². The Balaban J connectivity index is 1.68. The Bertz CT molecular complexity index is 1100. The lowest BCUT2D eigenvalue weighted by Gasteiger charge is -2.31. The van der Waals surface area contributed by atoms with Crippen molar-refractivity contribution in [1.29, 1.82) is 0 Å². The fourth-order valence-corrected chi connectivity index (χ4v) is 3.85. The van der Waals surface area contributed by atoms with Crippen LogP contribution in [0.3, 0.4) is 0 Å². The zero-order chi connectivity index (χ0) is 20.6. The molecule has 1 aliphatic rings. The molecule has 0 heterocycles. The Morgan fingerprint density at radius 2 is 1.83 bits per heavy atom. The molecule has 4 rings (SSSR count). The molecule has 3 N–H and O–H groups in total. The lowest BCUT2D eigenvalue weighted by Crippen LogP contribution is -2.52. The van der Waals surface area contributed by atoms with Crippen LogP contribution in [0.4, 0.5) is 4.39 Å². The first-order valence-corrected chi connectivity index (χ1v) is 9.54. The van der Waals surface area contributed by atoms with Gasteiger partial charge in [-0.25, -0.2) is 4.39 Å². The number of hydrogen-bond acceptors (Lipinski definition) is 3. The number of hydrogen-bond donors (Lipinski definition) is 2. The minimum Gasteiger partial charge on any atom is -0.480 e. The molecule has 5 heteroatoms. The highest BCUT2D eigenvalue weighted by molar-refractivity contribution is 5.79. The molecule has 0 radical (unpaired) electrons. The second-order valence-corrected chi connectivity index (χ2v) is 7.58. The van der Waals surface area contributed by atoms with Crippen molar-refractivity contribution in [3.8, 4) is 22.6 Å². The van der Waals surface area contributed by atoms with E-state index in [0.717, 1.165) is 22.3 Å². The van der Waals surface area contributed by atoms with Gasteiger partial charge in [0.25, 0.3) is 0 Å². The SMILES string of the molecule is Cc1c(F)cccc1-c1ccccc1Oc1ccc2c(c1)CC(N)(C(=O)O)CC2. The largest absolute Gasteiger partial charge is 0.480 e. The molecule has 3 aromatic carbocycles. The van der Waals surface area contributed by atoms with E-state index in [4.69, 9.17) is 10.5 Å². The minimum atomic E-state index is -1.25. The second kappa shape index (κ2) is 7.33. The van der Waals surface area contributed by atoms with Crippen LogP contribution in [0, 0.1) is 12.7 Å². The van der Waals surface area contributed by atoms with E-state index < -0.39 is 11.5 Å². The third-order valence-corrected chi connectivity index (χ3v) is 5.62. The summed E-state index contributed by atoms with van der Waals surface area (Å²) in [6.45, 7) is 1.74. The average molecular weight is 391 g/mol. The van der Waals surface area contributed by atoms with Gasteiger partial charge in [0.1, 0.15) is 22.9 Å². The summed E-state index contributed by atoms with van der Waals surface area (Å²) < 4.78 is 20.2. The van der Waals surface area contributed by atoms with Crippen molar-refractivity contribution in [3.05, 3.63) is 83.2 Å². The number of carboxylic acid groups (broad SMARTS) is 1. The van der Waals surface area contributed by atoms with Crippen LogP contribution in [0.15, 0.2) is 60.7 Å². The van der Waals surface area contributed by atoms with Crippen molar-refractivity contribution >= 4 is 5.97 Å². The number of benzene rings is 3. The van der Waals surface area contributed by atoms with E-state index in [9.17, 15) is 14.3 Å². The number of halogens is 1. The van der Waals surface area contributed by atoms with Gasteiger partial charge in [0.2, 0.25) is 0 Å². The first kappa shape index (κ1) is 19.2. The number of carbonyl (C=O) groups is 1. The molecule has 0 aromatic heterocycles. The van der Waals surface area contributed by atoms with Crippen LogP contribution in [-0.4, -0.2) is 16.6 Å². The smallest absolute Gasteiger partial charge is 0.324 e. The van der Waals surface area contributed by atoms with Gasteiger partial charge in [-0.1, -0.05) is 36.4 Å². The molecule has 3 aromatic rings. The first-order chi connectivity index (χ1) is 13.9. The Labute approximate surface area is 168 Å². The van der Waals surface area contributed by atoms with Crippen molar-refractivity contribution in [2.24, 2.45) is 5.73 Å². The predicted molar refractivity (Wildman–Crippen MR) is 110 cm³/mol. The van der Waals surface area contributed by atoms with E-state index in [1.54, 1.807) is 13.0 Å². The molecule has 0 amide bonds. The third-order valence-electron chi connectivity index (χ3n) is 5.62. The van der Waals surface area contributed by atoms with Gasteiger partial charge in [0.15, 0.2) is 0 Å². The maximum atomic E-state index is 14.0. The van der Waals surface area contributed by atoms with E-state index in [2.05, 4.69) is 0 Å². The van der Waals surface area contributed by atoms with E-state index in [0.29, 0.717) is 29.9 Å². The van der Waals surface area contributed by atoms with Gasteiger partial charge in [-0.05, 0) is 66.3 Å². The number of carboxylic acids is 1. The summed E-state index contributed by atoms with van der Waals surface area (Å²) in [6, 6.07) is 18.1. The lowest BCUT2D eigenvalue weighted by atomic mass is 9.78. The molecule has 0 spiro atoms. The van der Waals surface area contributed by atoms with Gasteiger partial charge in [-0.3, -0.25) is 4.79 Å². The van der Waals surface area contributed by atoms with Crippen molar-refractivity contribution in [2.45, 2.75) is 31.7 Å². The minimum absolute atomic E-state index is 0.263. The van der Waals surface area contributed by atoms with E-state index in [1.165, 1.54) is 6.07 Å². The van der Waals surface area contributed by atoms with Gasteiger partial charge < -0.3 is 15.6 Å². The molecule has 1 atom stereocenters. The molecular formula is C24H22FNO3. The third kappa shape index (κ3) is 3.61. The average Bonchev–Trinajstić information content (AvgIpc) is 2.70. The van der Waals surface area contributed by atoms with Crippen LogP contribution in [0.25, 0.3) is 11.1 Å². The highest BCUT2D eigenvalue weighted by Crippen LogP contribution is 2.37. The van der Waals surface area contributed by atoms with Gasteiger partial charge in [0, 0.05) is 12.0 Å². The molecule has 29 heavy (non-hydrogen) atoms. The van der Waals surface area contributed by atoms with Crippen molar-refractivity contribution in [3.63, 3.8) is 0 Å². The molecule has 4 nitrogen and oxygen atoms in total. The summed E-state index contributed by atoms with van der Waals surface area (Å²) in [7, 11) is 0. The summed E-state index contributed by atoms with van der Waals surface area (Å²) in [5.74, 6) is -0.0467. The Morgan fingerprint density at radius 1 is 1.07 bits per heavy atom. The number of aliphatic carboxylic acids is 1. The Morgan fingerprint density at radius 3 is 2.62 bits per heavy atom. The predicted octanol–water partition coefficient (Wildman–Crippen LogP) is 4.86. The number of rotatable bonds is 4. The molecule has 0 saturated heterocycles. The van der Waals surface area contributed by atoms with Crippen LogP contribution in [0.1, 0.15) is 23.1 Å².